The van der Waals surface area contributed by atoms with Gasteiger partial charge in [-0.05, 0) is 19.2 Å². The number of rotatable bonds is 3. The Bertz CT molecular complexity index is 398. The SMILES string of the molecule is CNCc1noc(-c2cccnc2)n1. The van der Waals surface area contributed by atoms with Gasteiger partial charge in [0.2, 0.25) is 0 Å². The third-order valence-electron chi connectivity index (χ3n) is 1.71. The van der Waals surface area contributed by atoms with Crippen LogP contribution in [-0.4, -0.2) is 22.2 Å². The van der Waals surface area contributed by atoms with Crippen molar-refractivity contribution in [1.82, 2.24) is 20.4 Å². The summed E-state index contributed by atoms with van der Waals surface area (Å²) in [7, 11) is 1.83. The molecule has 0 saturated carbocycles. The zero-order chi connectivity index (χ0) is 9.80. The lowest BCUT2D eigenvalue weighted by molar-refractivity contribution is 0.420. The molecule has 0 atom stereocenters. The minimum Gasteiger partial charge on any atom is -0.334 e. The van der Waals surface area contributed by atoms with Gasteiger partial charge >= 0.3 is 0 Å². The summed E-state index contributed by atoms with van der Waals surface area (Å²) in [5.41, 5.74) is 0.836. The Morgan fingerprint density at radius 1 is 1.50 bits per heavy atom. The van der Waals surface area contributed by atoms with Crippen LogP contribution in [0.1, 0.15) is 5.82 Å². The van der Waals surface area contributed by atoms with E-state index in [0.717, 1.165) is 5.56 Å². The smallest absolute Gasteiger partial charge is 0.259 e. The van der Waals surface area contributed by atoms with Crippen LogP contribution in [0.2, 0.25) is 0 Å². The minimum absolute atomic E-state index is 0.503. The molecule has 0 unspecified atom stereocenters. The van der Waals surface area contributed by atoms with E-state index in [1.54, 1.807) is 12.4 Å². The van der Waals surface area contributed by atoms with E-state index in [4.69, 9.17) is 4.52 Å². The summed E-state index contributed by atoms with van der Waals surface area (Å²) in [6, 6.07) is 3.71. The van der Waals surface area contributed by atoms with Crippen molar-refractivity contribution in [2.24, 2.45) is 0 Å². The van der Waals surface area contributed by atoms with Crippen LogP contribution < -0.4 is 5.32 Å². The number of pyridine rings is 1. The molecular weight excluding hydrogens is 180 g/mol. The number of nitrogens with one attached hydrogen (secondary N) is 1. The van der Waals surface area contributed by atoms with E-state index in [9.17, 15) is 0 Å². The number of hydrogen-bond donors (Lipinski definition) is 1. The largest absolute Gasteiger partial charge is 0.334 e. The summed E-state index contributed by atoms with van der Waals surface area (Å²) in [6.45, 7) is 0.601. The molecule has 0 aliphatic carbocycles. The van der Waals surface area contributed by atoms with Crippen LogP contribution in [0.25, 0.3) is 11.5 Å². The highest BCUT2D eigenvalue weighted by Gasteiger charge is 2.06. The first-order valence-electron chi connectivity index (χ1n) is 4.28. The van der Waals surface area contributed by atoms with Crippen molar-refractivity contribution in [2.45, 2.75) is 6.54 Å². The molecule has 72 valence electrons. The van der Waals surface area contributed by atoms with Crippen LogP contribution in [0.4, 0.5) is 0 Å². The van der Waals surface area contributed by atoms with E-state index in [-0.39, 0.29) is 0 Å². The Hall–Kier alpha value is -1.75. The molecule has 2 heterocycles. The quantitative estimate of drug-likeness (QED) is 0.777. The highest BCUT2D eigenvalue weighted by atomic mass is 16.5. The fourth-order valence-corrected chi connectivity index (χ4v) is 1.09. The van der Waals surface area contributed by atoms with Crippen LogP contribution in [0.15, 0.2) is 29.0 Å². The molecule has 0 spiro atoms. The first-order chi connectivity index (χ1) is 6.90. The first kappa shape index (κ1) is 8.83. The fraction of sp³-hybridized carbons (Fsp3) is 0.222. The van der Waals surface area contributed by atoms with Gasteiger partial charge in [0, 0.05) is 12.4 Å². The molecule has 0 saturated heterocycles. The van der Waals surface area contributed by atoms with Gasteiger partial charge in [-0.25, -0.2) is 0 Å². The Kier molecular flexibility index (Phi) is 2.51. The van der Waals surface area contributed by atoms with E-state index >= 15 is 0 Å². The van der Waals surface area contributed by atoms with Crippen molar-refractivity contribution in [3.8, 4) is 11.5 Å². The average molecular weight is 190 g/mol. The summed E-state index contributed by atoms with van der Waals surface area (Å²) in [6.07, 6.45) is 3.39. The molecule has 0 aliphatic rings. The zero-order valence-electron chi connectivity index (χ0n) is 7.77. The van der Waals surface area contributed by atoms with E-state index < -0.39 is 0 Å². The van der Waals surface area contributed by atoms with Crippen LogP contribution in [-0.2, 0) is 6.54 Å². The van der Waals surface area contributed by atoms with E-state index in [2.05, 4.69) is 20.4 Å². The van der Waals surface area contributed by atoms with Gasteiger partial charge < -0.3 is 9.84 Å². The lowest BCUT2D eigenvalue weighted by Gasteiger charge is -1.90. The number of nitrogens with zero attached hydrogens (tertiary/aromatic N) is 3. The van der Waals surface area contributed by atoms with E-state index in [1.165, 1.54) is 0 Å². The molecule has 2 rings (SSSR count). The Morgan fingerprint density at radius 3 is 3.14 bits per heavy atom. The predicted molar refractivity (Wildman–Crippen MR) is 50.3 cm³/mol. The first-order valence-corrected chi connectivity index (χ1v) is 4.28. The number of hydrogen-bond acceptors (Lipinski definition) is 5. The fourth-order valence-electron chi connectivity index (χ4n) is 1.09. The number of aromatic nitrogens is 3. The van der Waals surface area contributed by atoms with Gasteiger partial charge in [-0.3, -0.25) is 4.98 Å². The molecule has 0 bridgehead atoms. The topological polar surface area (TPSA) is 63.8 Å². The second-order valence-corrected chi connectivity index (χ2v) is 2.79. The monoisotopic (exact) mass is 190 g/mol. The van der Waals surface area contributed by atoms with Gasteiger partial charge in [-0.1, -0.05) is 5.16 Å². The molecule has 0 amide bonds. The van der Waals surface area contributed by atoms with Crippen LogP contribution in [0.3, 0.4) is 0 Å². The summed E-state index contributed by atoms with van der Waals surface area (Å²) in [5, 5.41) is 6.75. The Balaban J connectivity index is 2.25. The third-order valence-corrected chi connectivity index (χ3v) is 1.71. The van der Waals surface area contributed by atoms with Crippen molar-refractivity contribution in [3.63, 3.8) is 0 Å². The van der Waals surface area contributed by atoms with Crippen LogP contribution >= 0.6 is 0 Å². The maximum Gasteiger partial charge on any atom is 0.259 e. The molecule has 0 aromatic carbocycles. The molecule has 5 nitrogen and oxygen atoms in total. The van der Waals surface area contributed by atoms with Gasteiger partial charge in [0.1, 0.15) is 0 Å². The molecule has 5 heteroatoms. The molecule has 14 heavy (non-hydrogen) atoms. The van der Waals surface area contributed by atoms with Crippen molar-refractivity contribution in [3.05, 3.63) is 30.4 Å². The highest BCUT2D eigenvalue weighted by Crippen LogP contribution is 2.14. The van der Waals surface area contributed by atoms with Gasteiger partial charge in [0.05, 0.1) is 12.1 Å². The second kappa shape index (κ2) is 3.97. The maximum atomic E-state index is 5.06. The van der Waals surface area contributed by atoms with Gasteiger partial charge in [0.15, 0.2) is 5.82 Å². The molecule has 0 fully saturated rings. The highest BCUT2D eigenvalue weighted by molar-refractivity contribution is 5.50. The molecule has 2 aromatic rings. The molecular formula is C9H10N4O. The average Bonchev–Trinajstić information content (AvgIpc) is 2.68. The molecule has 0 aliphatic heterocycles. The molecule has 1 N–H and O–H groups in total. The summed E-state index contributed by atoms with van der Waals surface area (Å²) in [5.74, 6) is 1.15. The van der Waals surface area contributed by atoms with Gasteiger partial charge in [-0.2, -0.15) is 4.98 Å². The third kappa shape index (κ3) is 1.77. The van der Waals surface area contributed by atoms with Crippen molar-refractivity contribution in [1.29, 1.82) is 0 Å². The van der Waals surface area contributed by atoms with Gasteiger partial charge in [-0.15, -0.1) is 0 Å². The summed E-state index contributed by atoms with van der Waals surface area (Å²) in [4.78, 5) is 8.16. The van der Waals surface area contributed by atoms with Crippen molar-refractivity contribution in [2.75, 3.05) is 7.05 Å². The standard InChI is InChI=1S/C9H10N4O/c1-10-6-8-12-9(14-13-8)7-3-2-4-11-5-7/h2-5,10H,6H2,1H3. The molecule has 2 aromatic heterocycles. The Morgan fingerprint density at radius 2 is 2.43 bits per heavy atom. The lowest BCUT2D eigenvalue weighted by atomic mass is 10.3. The van der Waals surface area contributed by atoms with Crippen LogP contribution in [0, 0.1) is 0 Å². The Labute approximate surface area is 81.2 Å². The summed E-state index contributed by atoms with van der Waals surface area (Å²) < 4.78 is 5.06. The van der Waals surface area contributed by atoms with Crippen LogP contribution in [0.5, 0.6) is 0 Å². The van der Waals surface area contributed by atoms with Crippen molar-refractivity contribution < 1.29 is 4.52 Å². The van der Waals surface area contributed by atoms with E-state index in [0.29, 0.717) is 18.3 Å². The van der Waals surface area contributed by atoms with Crippen molar-refractivity contribution >= 4 is 0 Å². The van der Waals surface area contributed by atoms with E-state index in [1.807, 2.05) is 19.2 Å². The summed E-state index contributed by atoms with van der Waals surface area (Å²) >= 11 is 0. The normalized spacial score (nSPS) is 10.4. The lowest BCUT2D eigenvalue weighted by Crippen LogP contribution is -2.06. The second-order valence-electron chi connectivity index (χ2n) is 2.79. The maximum absolute atomic E-state index is 5.06. The minimum atomic E-state index is 0.503. The zero-order valence-corrected chi connectivity index (χ0v) is 7.77. The predicted octanol–water partition coefficient (Wildman–Crippen LogP) is 0.851. The molecule has 0 radical (unpaired) electrons. The van der Waals surface area contributed by atoms with Gasteiger partial charge in [0.25, 0.3) is 5.89 Å².